The highest BCUT2D eigenvalue weighted by molar-refractivity contribution is 9.02. The van der Waals surface area contributed by atoms with Gasteiger partial charge in [-0.05, 0) is 47.5 Å². The monoisotopic (exact) mass is 548 g/mol. The van der Waals surface area contributed by atoms with Crippen molar-refractivity contribution in [3.05, 3.63) is 133 Å². The molecule has 0 heterocycles. The van der Waals surface area contributed by atoms with Crippen LogP contribution in [0.15, 0.2) is 132 Å². The molecule has 1 unspecified atom stereocenters. The predicted octanol–water partition coefficient (Wildman–Crippen LogP) is 8.01. The molecule has 0 N–H and O–H groups in total. The molecule has 4 aromatic carbocycles. The number of hydrogen-bond donors (Lipinski definition) is 0. The van der Waals surface area contributed by atoms with Crippen LogP contribution in [0.4, 0.5) is 0 Å². The van der Waals surface area contributed by atoms with Gasteiger partial charge in [-0.3, -0.25) is 0 Å². The Balaban J connectivity index is 1.39. The zero-order valence-corrected chi connectivity index (χ0v) is 22.8. The Hall–Kier alpha value is -2.76. The standard InChI is InChI=1S/C29H25O3PS3/c1-2-29(30)32-22-24-15-13-23(14-16-24)21-31-25-17-19-28(20-18-25)36-33(34,26-9-5-3-6-10-26)35-27-11-7-4-8-12-27/h2-20H,1,21-22H2. The Morgan fingerprint density at radius 1 is 0.750 bits per heavy atom. The first-order valence-corrected chi connectivity index (χ1v) is 16.9. The Morgan fingerprint density at radius 2 is 1.28 bits per heavy atom. The second-order valence-corrected chi connectivity index (χ2v) is 18.6. The zero-order valence-electron chi connectivity index (χ0n) is 19.5. The smallest absolute Gasteiger partial charge is 0.330 e. The van der Waals surface area contributed by atoms with Crippen molar-refractivity contribution in [2.45, 2.75) is 23.0 Å². The maximum atomic E-state index is 11.2. The highest BCUT2D eigenvalue weighted by atomic mass is 33.2. The summed E-state index contributed by atoms with van der Waals surface area (Å²) in [5.74, 6) is 0.369. The van der Waals surface area contributed by atoms with Gasteiger partial charge in [-0.15, -0.1) is 0 Å². The molecule has 182 valence electrons. The summed E-state index contributed by atoms with van der Waals surface area (Å²) >= 11 is 9.85. The Bertz CT molecular complexity index is 1330. The average Bonchev–Trinajstić information content (AvgIpc) is 2.93. The minimum absolute atomic E-state index is 0.226. The van der Waals surface area contributed by atoms with E-state index < -0.39 is 10.4 Å². The van der Waals surface area contributed by atoms with Crippen LogP contribution in [0.25, 0.3) is 0 Å². The molecule has 4 rings (SSSR count). The summed E-state index contributed by atoms with van der Waals surface area (Å²) in [4.78, 5) is 13.5. The molecule has 0 aliphatic heterocycles. The zero-order chi connectivity index (χ0) is 25.2. The molecule has 0 bridgehead atoms. The van der Waals surface area contributed by atoms with Gasteiger partial charge in [-0.25, -0.2) is 4.79 Å². The van der Waals surface area contributed by atoms with E-state index in [1.807, 2.05) is 48.5 Å². The van der Waals surface area contributed by atoms with Crippen molar-refractivity contribution in [2.75, 3.05) is 0 Å². The van der Waals surface area contributed by atoms with E-state index in [-0.39, 0.29) is 6.61 Å². The molecule has 1 atom stereocenters. The molecule has 4 aromatic rings. The van der Waals surface area contributed by atoms with Gasteiger partial charge in [0.2, 0.25) is 0 Å². The van der Waals surface area contributed by atoms with Gasteiger partial charge in [0, 0.05) is 21.2 Å². The normalized spacial score (nSPS) is 12.3. The van der Waals surface area contributed by atoms with E-state index in [4.69, 9.17) is 21.3 Å². The predicted molar refractivity (Wildman–Crippen MR) is 156 cm³/mol. The van der Waals surface area contributed by atoms with E-state index in [1.54, 1.807) is 22.8 Å². The molecular weight excluding hydrogens is 523 g/mol. The maximum absolute atomic E-state index is 11.2. The molecule has 0 aromatic heterocycles. The highest BCUT2D eigenvalue weighted by Crippen LogP contribution is 2.72. The molecule has 0 saturated carbocycles. The summed E-state index contributed by atoms with van der Waals surface area (Å²) in [6, 6.07) is 36.7. The third-order valence-electron chi connectivity index (χ3n) is 5.07. The summed E-state index contributed by atoms with van der Waals surface area (Å²) in [5.41, 5.74) is 1.95. The van der Waals surface area contributed by atoms with Crippen LogP contribution in [0.2, 0.25) is 0 Å². The van der Waals surface area contributed by atoms with Crippen molar-refractivity contribution in [2.24, 2.45) is 0 Å². The first kappa shape index (κ1) is 26.3. The van der Waals surface area contributed by atoms with Crippen LogP contribution in [0, 0.1) is 0 Å². The Labute approximate surface area is 225 Å². The van der Waals surface area contributed by atoms with Gasteiger partial charge in [-0.1, -0.05) is 114 Å². The lowest BCUT2D eigenvalue weighted by Crippen LogP contribution is -2.01. The lowest BCUT2D eigenvalue weighted by Gasteiger charge is -2.21. The van der Waals surface area contributed by atoms with Crippen LogP contribution in [0.5, 0.6) is 5.75 Å². The van der Waals surface area contributed by atoms with Crippen LogP contribution in [0.1, 0.15) is 11.1 Å². The number of hydrogen-bond acceptors (Lipinski definition) is 6. The van der Waals surface area contributed by atoms with Crippen LogP contribution >= 0.6 is 27.2 Å². The largest absolute Gasteiger partial charge is 0.489 e. The van der Waals surface area contributed by atoms with Crippen molar-refractivity contribution in [3.63, 3.8) is 0 Å². The summed E-state index contributed by atoms with van der Waals surface area (Å²) in [7, 11) is 0. The van der Waals surface area contributed by atoms with Gasteiger partial charge in [0.05, 0.1) is 4.44 Å². The van der Waals surface area contributed by atoms with Gasteiger partial charge in [0.1, 0.15) is 19.0 Å². The van der Waals surface area contributed by atoms with Crippen LogP contribution in [-0.4, -0.2) is 5.97 Å². The van der Waals surface area contributed by atoms with Crippen LogP contribution < -0.4 is 10.0 Å². The first-order valence-electron chi connectivity index (χ1n) is 11.2. The molecule has 3 nitrogen and oxygen atoms in total. The van der Waals surface area contributed by atoms with Crippen molar-refractivity contribution in [1.82, 2.24) is 0 Å². The summed E-state index contributed by atoms with van der Waals surface area (Å²) < 4.78 is 9.02. The topological polar surface area (TPSA) is 35.5 Å². The third kappa shape index (κ3) is 7.62. The molecule has 0 spiro atoms. The number of carbonyl (C=O) groups is 1. The molecule has 0 radical (unpaired) electrons. The second kappa shape index (κ2) is 13.0. The van der Waals surface area contributed by atoms with Crippen molar-refractivity contribution in [1.29, 1.82) is 0 Å². The van der Waals surface area contributed by atoms with Crippen molar-refractivity contribution in [3.8, 4) is 5.75 Å². The number of ether oxygens (including phenoxy) is 2. The van der Waals surface area contributed by atoms with E-state index >= 15 is 0 Å². The molecule has 0 saturated heterocycles. The fourth-order valence-electron chi connectivity index (χ4n) is 3.20. The quantitative estimate of drug-likeness (QED) is 0.107. The summed E-state index contributed by atoms with van der Waals surface area (Å²) in [5, 5.41) is 1.20. The SMILES string of the molecule is C=CC(=O)OCc1ccc(COc2ccc(SP(=S)(Sc3ccccc3)c3ccccc3)cc2)cc1. The molecule has 36 heavy (non-hydrogen) atoms. The van der Waals surface area contributed by atoms with Crippen LogP contribution in [0.3, 0.4) is 0 Å². The van der Waals surface area contributed by atoms with Crippen molar-refractivity contribution < 1.29 is 14.3 Å². The molecule has 0 aliphatic carbocycles. The van der Waals surface area contributed by atoms with Gasteiger partial charge in [-0.2, -0.15) is 0 Å². The van der Waals surface area contributed by atoms with E-state index in [1.165, 1.54) is 10.2 Å². The molecule has 7 heteroatoms. The van der Waals surface area contributed by atoms with E-state index in [2.05, 4.69) is 67.2 Å². The number of carbonyl (C=O) groups excluding carboxylic acids is 1. The number of benzene rings is 4. The molecule has 0 aliphatic rings. The highest BCUT2D eigenvalue weighted by Gasteiger charge is 2.23. The van der Waals surface area contributed by atoms with Crippen molar-refractivity contribution >= 4 is 50.3 Å². The Kier molecular flexibility index (Phi) is 9.48. The van der Waals surface area contributed by atoms with Gasteiger partial charge in [0.25, 0.3) is 0 Å². The summed E-state index contributed by atoms with van der Waals surface area (Å²) in [6.07, 6.45) is 1.16. The fourth-order valence-corrected chi connectivity index (χ4v) is 12.7. The minimum Gasteiger partial charge on any atom is -0.489 e. The molecule has 0 amide bonds. The van der Waals surface area contributed by atoms with E-state index in [0.29, 0.717) is 6.61 Å². The number of rotatable bonds is 11. The average molecular weight is 549 g/mol. The third-order valence-corrected chi connectivity index (χ3v) is 14.7. The Morgan fingerprint density at radius 3 is 1.86 bits per heavy atom. The van der Waals surface area contributed by atoms with Gasteiger partial charge >= 0.3 is 5.97 Å². The minimum atomic E-state index is -2.02. The van der Waals surface area contributed by atoms with Gasteiger partial charge < -0.3 is 9.47 Å². The first-order chi connectivity index (χ1) is 17.5. The fraction of sp³-hybridized carbons (Fsp3) is 0.0690. The van der Waals surface area contributed by atoms with E-state index in [0.717, 1.165) is 27.8 Å². The molecular formula is C29H25O3PS3. The summed E-state index contributed by atoms with van der Waals surface area (Å²) in [6.45, 7) is 4.07. The molecule has 0 fully saturated rings. The van der Waals surface area contributed by atoms with Crippen LogP contribution in [-0.2, 0) is 34.6 Å². The lowest BCUT2D eigenvalue weighted by molar-refractivity contribution is -0.138. The second-order valence-electron chi connectivity index (χ2n) is 7.72. The lowest BCUT2D eigenvalue weighted by atomic mass is 10.1. The number of esters is 1. The van der Waals surface area contributed by atoms with Gasteiger partial charge in [0.15, 0.2) is 0 Å². The van der Waals surface area contributed by atoms with E-state index in [9.17, 15) is 4.79 Å². The maximum Gasteiger partial charge on any atom is 0.330 e.